The Labute approximate surface area is 98.9 Å². The van der Waals surface area contributed by atoms with Crippen LogP contribution in [0, 0.1) is 0 Å². The third-order valence-corrected chi connectivity index (χ3v) is 3.26. The Morgan fingerprint density at radius 1 is 1.35 bits per heavy atom. The number of phenolic OH excluding ortho intramolecular Hbond substituents is 1. The van der Waals surface area contributed by atoms with E-state index < -0.39 is 0 Å². The second kappa shape index (κ2) is 3.76. The first-order valence-electron chi connectivity index (χ1n) is 5.71. The maximum Gasteiger partial charge on any atom is 0.239 e. The Kier molecular flexibility index (Phi) is 2.24. The molecule has 2 aromatic rings. The van der Waals surface area contributed by atoms with Gasteiger partial charge < -0.3 is 10.8 Å². The molecule has 1 aliphatic rings. The number of anilines is 1. The lowest BCUT2D eigenvalue weighted by molar-refractivity contribution is 0.412. The number of fused-ring (bicyclic) bond motifs is 1. The fraction of sp³-hybridized carbons (Fsp3) is 0.333. The van der Waals surface area contributed by atoms with Crippen molar-refractivity contribution in [1.82, 2.24) is 14.8 Å². The molecule has 5 heteroatoms. The number of aromatic hydroxyl groups is 1. The summed E-state index contributed by atoms with van der Waals surface area (Å²) in [5, 5.41) is 14.0. The van der Waals surface area contributed by atoms with Gasteiger partial charge in [0.25, 0.3) is 0 Å². The summed E-state index contributed by atoms with van der Waals surface area (Å²) in [5.74, 6) is 1.89. The third kappa shape index (κ3) is 1.73. The quantitative estimate of drug-likeness (QED) is 0.774. The number of aryl methyl sites for hydroxylation is 1. The molecule has 88 valence electrons. The van der Waals surface area contributed by atoms with Gasteiger partial charge in [0.1, 0.15) is 11.6 Å². The van der Waals surface area contributed by atoms with Crippen molar-refractivity contribution in [3.05, 3.63) is 35.7 Å². The lowest BCUT2D eigenvalue weighted by atomic mass is 9.89. The van der Waals surface area contributed by atoms with E-state index in [1.165, 1.54) is 0 Å². The van der Waals surface area contributed by atoms with E-state index >= 15 is 0 Å². The number of rotatable bonds is 1. The number of hydrogen-bond donors (Lipinski definition) is 2. The van der Waals surface area contributed by atoms with Gasteiger partial charge in [-0.2, -0.15) is 4.98 Å². The summed E-state index contributed by atoms with van der Waals surface area (Å²) in [5.41, 5.74) is 6.57. The van der Waals surface area contributed by atoms with Crippen LogP contribution in [0.5, 0.6) is 5.75 Å². The number of hydrogen-bond acceptors (Lipinski definition) is 4. The van der Waals surface area contributed by atoms with Gasteiger partial charge in [0, 0.05) is 13.0 Å². The summed E-state index contributed by atoms with van der Waals surface area (Å²) in [7, 11) is 0. The normalized spacial score (nSPS) is 18.9. The second-order valence-corrected chi connectivity index (χ2v) is 4.36. The zero-order valence-corrected chi connectivity index (χ0v) is 9.37. The third-order valence-electron chi connectivity index (χ3n) is 3.26. The van der Waals surface area contributed by atoms with Gasteiger partial charge in [-0.3, -0.25) is 0 Å². The number of para-hydroxylation sites is 1. The molecule has 2 heterocycles. The van der Waals surface area contributed by atoms with Gasteiger partial charge in [-0.15, -0.1) is 5.10 Å². The van der Waals surface area contributed by atoms with Gasteiger partial charge in [0.05, 0.1) is 0 Å². The number of aromatic nitrogens is 3. The van der Waals surface area contributed by atoms with Crippen molar-refractivity contribution in [3.63, 3.8) is 0 Å². The zero-order chi connectivity index (χ0) is 11.8. The van der Waals surface area contributed by atoms with Gasteiger partial charge in [0.15, 0.2) is 0 Å². The molecule has 17 heavy (non-hydrogen) atoms. The predicted octanol–water partition coefficient (Wildman–Crippen LogP) is 1.30. The summed E-state index contributed by atoms with van der Waals surface area (Å²) in [6.45, 7) is 0.804. The summed E-state index contributed by atoms with van der Waals surface area (Å²) in [6.07, 6.45) is 1.73. The van der Waals surface area contributed by atoms with E-state index in [0.29, 0.717) is 17.6 Å². The monoisotopic (exact) mass is 230 g/mol. The molecule has 3 N–H and O–H groups in total. The van der Waals surface area contributed by atoms with Crippen molar-refractivity contribution < 1.29 is 5.11 Å². The number of nitrogens with two attached hydrogens (primary N) is 1. The van der Waals surface area contributed by atoms with E-state index in [9.17, 15) is 5.11 Å². The number of nitrogen functional groups attached to an aromatic ring is 1. The largest absolute Gasteiger partial charge is 0.508 e. The molecule has 0 bridgehead atoms. The molecule has 1 atom stereocenters. The maximum atomic E-state index is 9.85. The van der Waals surface area contributed by atoms with Crippen molar-refractivity contribution in [3.8, 4) is 5.75 Å². The first kappa shape index (κ1) is 10.1. The average Bonchev–Trinajstić information content (AvgIpc) is 2.68. The number of phenols is 1. The van der Waals surface area contributed by atoms with E-state index in [4.69, 9.17) is 5.73 Å². The first-order chi connectivity index (χ1) is 8.24. The lowest BCUT2D eigenvalue weighted by Crippen LogP contribution is -2.19. The van der Waals surface area contributed by atoms with Gasteiger partial charge in [-0.1, -0.05) is 18.2 Å². The summed E-state index contributed by atoms with van der Waals surface area (Å²) >= 11 is 0. The molecule has 5 nitrogen and oxygen atoms in total. The van der Waals surface area contributed by atoms with E-state index in [0.717, 1.165) is 30.8 Å². The highest BCUT2D eigenvalue weighted by molar-refractivity contribution is 5.36. The predicted molar refractivity (Wildman–Crippen MR) is 63.6 cm³/mol. The average molecular weight is 230 g/mol. The Morgan fingerprint density at radius 3 is 3.00 bits per heavy atom. The molecule has 0 saturated heterocycles. The smallest absolute Gasteiger partial charge is 0.239 e. The molecule has 3 rings (SSSR count). The minimum absolute atomic E-state index is 0.298. The molecule has 0 spiro atoms. The molecule has 1 aromatic carbocycles. The topological polar surface area (TPSA) is 77.0 Å². The SMILES string of the molecule is Nc1nc2n(n1)CCC(c1ccccc1O)C2. The van der Waals surface area contributed by atoms with Crippen LogP contribution in [0.25, 0.3) is 0 Å². The van der Waals surface area contributed by atoms with Crippen LogP contribution in [-0.4, -0.2) is 19.9 Å². The molecule has 0 fully saturated rings. The molecule has 0 aliphatic carbocycles. The van der Waals surface area contributed by atoms with Gasteiger partial charge >= 0.3 is 0 Å². The summed E-state index contributed by atoms with van der Waals surface area (Å²) < 4.78 is 1.85. The minimum Gasteiger partial charge on any atom is -0.508 e. The summed E-state index contributed by atoms with van der Waals surface area (Å²) in [4.78, 5) is 4.20. The highest BCUT2D eigenvalue weighted by Gasteiger charge is 2.24. The van der Waals surface area contributed by atoms with E-state index in [1.54, 1.807) is 6.07 Å². The first-order valence-corrected chi connectivity index (χ1v) is 5.71. The van der Waals surface area contributed by atoms with Crippen molar-refractivity contribution in [1.29, 1.82) is 0 Å². The molecule has 1 aromatic heterocycles. The fourth-order valence-electron chi connectivity index (χ4n) is 2.42. The van der Waals surface area contributed by atoms with Crippen LogP contribution in [0.15, 0.2) is 24.3 Å². The molecule has 0 amide bonds. The Balaban J connectivity index is 1.91. The Morgan fingerprint density at radius 2 is 2.18 bits per heavy atom. The van der Waals surface area contributed by atoms with E-state index in [2.05, 4.69) is 10.1 Å². The molecule has 1 aliphatic heterocycles. The minimum atomic E-state index is 0.298. The Bertz CT molecular complexity index is 549. The highest BCUT2D eigenvalue weighted by Crippen LogP contribution is 2.33. The number of nitrogens with zero attached hydrogens (tertiary/aromatic N) is 3. The van der Waals surface area contributed by atoms with E-state index in [1.807, 2.05) is 22.9 Å². The van der Waals surface area contributed by atoms with Crippen LogP contribution >= 0.6 is 0 Å². The number of benzene rings is 1. The lowest BCUT2D eigenvalue weighted by Gasteiger charge is -2.22. The van der Waals surface area contributed by atoms with Gasteiger partial charge in [0.2, 0.25) is 5.95 Å². The molecule has 1 unspecified atom stereocenters. The standard InChI is InChI=1S/C12H14N4O/c13-12-14-11-7-8(5-6-16(11)15-12)9-3-1-2-4-10(9)17/h1-4,8,17H,5-7H2,(H2,13,15). The van der Waals surface area contributed by atoms with Crippen LogP contribution in [0.3, 0.4) is 0 Å². The van der Waals surface area contributed by atoms with Crippen molar-refractivity contribution in [2.24, 2.45) is 0 Å². The van der Waals surface area contributed by atoms with Crippen LogP contribution in [0.2, 0.25) is 0 Å². The molecular formula is C12H14N4O. The molecule has 0 radical (unpaired) electrons. The molecular weight excluding hydrogens is 216 g/mol. The van der Waals surface area contributed by atoms with E-state index in [-0.39, 0.29) is 0 Å². The second-order valence-electron chi connectivity index (χ2n) is 4.36. The Hall–Kier alpha value is -2.04. The van der Waals surface area contributed by atoms with Crippen molar-refractivity contribution in [2.45, 2.75) is 25.3 Å². The van der Waals surface area contributed by atoms with Crippen LogP contribution in [0.1, 0.15) is 23.7 Å². The van der Waals surface area contributed by atoms with Crippen molar-refractivity contribution >= 4 is 5.95 Å². The van der Waals surface area contributed by atoms with Crippen molar-refractivity contribution in [2.75, 3.05) is 5.73 Å². The maximum absolute atomic E-state index is 9.85. The zero-order valence-electron chi connectivity index (χ0n) is 9.37. The molecule has 0 saturated carbocycles. The van der Waals surface area contributed by atoms with Gasteiger partial charge in [-0.05, 0) is 24.0 Å². The van der Waals surface area contributed by atoms with Gasteiger partial charge in [-0.25, -0.2) is 4.68 Å². The highest BCUT2D eigenvalue weighted by atomic mass is 16.3. The summed E-state index contributed by atoms with van der Waals surface area (Å²) in [6, 6.07) is 7.48. The van der Waals surface area contributed by atoms with Crippen LogP contribution in [0.4, 0.5) is 5.95 Å². The van der Waals surface area contributed by atoms with Crippen LogP contribution < -0.4 is 5.73 Å². The van der Waals surface area contributed by atoms with Crippen LogP contribution in [-0.2, 0) is 13.0 Å². The fourth-order valence-corrected chi connectivity index (χ4v) is 2.42.